The summed E-state index contributed by atoms with van der Waals surface area (Å²) in [5, 5.41) is 11.7. The number of Topliss-reactive ketones (excluding diaryl/α,β-unsaturated/α-hetero) is 1. The highest BCUT2D eigenvalue weighted by molar-refractivity contribution is 6.51. The molecule has 1 heterocycles. The second kappa shape index (κ2) is 9.64. The molecule has 0 radical (unpaired) electrons. The van der Waals surface area contributed by atoms with Gasteiger partial charge in [-0.1, -0.05) is 41.9 Å². The summed E-state index contributed by atoms with van der Waals surface area (Å²) in [6.07, 6.45) is 0. The van der Waals surface area contributed by atoms with Gasteiger partial charge in [0.25, 0.3) is 11.7 Å². The van der Waals surface area contributed by atoms with Crippen LogP contribution in [-0.2, 0) is 14.3 Å². The average molecular weight is 492 g/mol. The van der Waals surface area contributed by atoms with Gasteiger partial charge in [-0.25, -0.2) is 4.79 Å². The molecule has 0 spiro atoms. The molecule has 1 fully saturated rings. The van der Waals surface area contributed by atoms with E-state index in [1.807, 2.05) is 6.07 Å². The third-order valence-corrected chi connectivity index (χ3v) is 6.05. The van der Waals surface area contributed by atoms with Crippen LogP contribution in [0.5, 0.6) is 5.75 Å². The number of anilines is 1. The number of esters is 1. The summed E-state index contributed by atoms with van der Waals surface area (Å²) in [6.45, 7) is 1.79. The van der Waals surface area contributed by atoms with Crippen molar-refractivity contribution < 1.29 is 29.0 Å². The molecule has 7 nitrogen and oxygen atoms in total. The first kappa shape index (κ1) is 24.0. The Bertz CT molecular complexity index is 1350. The quantitative estimate of drug-likeness (QED) is 0.232. The molecule has 178 valence electrons. The lowest BCUT2D eigenvalue weighted by atomic mass is 9.94. The number of aryl methyl sites for hydroxylation is 1. The molecule has 1 atom stereocenters. The first-order valence-corrected chi connectivity index (χ1v) is 11.0. The molecule has 1 aliphatic rings. The highest BCUT2D eigenvalue weighted by atomic mass is 35.5. The van der Waals surface area contributed by atoms with E-state index in [1.165, 1.54) is 31.3 Å². The van der Waals surface area contributed by atoms with Crippen LogP contribution in [-0.4, -0.2) is 37.0 Å². The zero-order valence-electron chi connectivity index (χ0n) is 19.2. The minimum Gasteiger partial charge on any atom is -0.507 e. The minimum atomic E-state index is -0.927. The van der Waals surface area contributed by atoms with E-state index in [4.69, 9.17) is 21.1 Å². The second-order valence-corrected chi connectivity index (χ2v) is 8.35. The zero-order valence-corrected chi connectivity index (χ0v) is 20.0. The van der Waals surface area contributed by atoms with Gasteiger partial charge in [0.2, 0.25) is 0 Å². The number of halogens is 1. The molecular weight excluding hydrogens is 470 g/mol. The van der Waals surface area contributed by atoms with Crippen LogP contribution in [0.15, 0.2) is 72.3 Å². The Labute approximate surface area is 207 Å². The van der Waals surface area contributed by atoms with Crippen LogP contribution in [0.4, 0.5) is 5.69 Å². The summed E-state index contributed by atoms with van der Waals surface area (Å²) < 4.78 is 10.1. The maximum Gasteiger partial charge on any atom is 0.337 e. The number of hydrogen-bond donors (Lipinski definition) is 1. The molecule has 0 bridgehead atoms. The summed E-state index contributed by atoms with van der Waals surface area (Å²) in [7, 11) is 2.68. The Hall–Kier alpha value is -4.10. The third-order valence-electron chi connectivity index (χ3n) is 5.77. The van der Waals surface area contributed by atoms with Crippen molar-refractivity contribution in [2.45, 2.75) is 13.0 Å². The van der Waals surface area contributed by atoms with Gasteiger partial charge in [-0.15, -0.1) is 0 Å². The number of carbonyl (C=O) groups excluding carboxylic acids is 3. The Morgan fingerprint density at radius 3 is 2.26 bits per heavy atom. The van der Waals surface area contributed by atoms with E-state index < -0.39 is 29.5 Å². The van der Waals surface area contributed by atoms with Gasteiger partial charge in [-0.2, -0.15) is 0 Å². The van der Waals surface area contributed by atoms with Gasteiger partial charge in [0, 0.05) is 5.69 Å². The van der Waals surface area contributed by atoms with Crippen LogP contribution < -0.4 is 9.64 Å². The van der Waals surface area contributed by atoms with Gasteiger partial charge >= 0.3 is 5.97 Å². The Balaban J connectivity index is 1.94. The Morgan fingerprint density at radius 1 is 1.00 bits per heavy atom. The predicted molar refractivity (Wildman–Crippen MR) is 132 cm³/mol. The minimum absolute atomic E-state index is 0.0989. The number of benzene rings is 3. The number of nitrogens with zero attached hydrogens (tertiary/aromatic N) is 1. The molecule has 3 aromatic rings. The largest absolute Gasteiger partial charge is 0.507 e. The van der Waals surface area contributed by atoms with Crippen LogP contribution in [0.3, 0.4) is 0 Å². The van der Waals surface area contributed by atoms with Crippen molar-refractivity contribution in [1.29, 1.82) is 0 Å². The summed E-state index contributed by atoms with van der Waals surface area (Å²) in [5.41, 5.74) is 2.13. The smallest absolute Gasteiger partial charge is 0.337 e. The van der Waals surface area contributed by atoms with Gasteiger partial charge in [0.15, 0.2) is 0 Å². The first-order chi connectivity index (χ1) is 16.8. The maximum atomic E-state index is 13.3. The number of aliphatic hydroxyl groups is 1. The van der Waals surface area contributed by atoms with Crippen molar-refractivity contribution >= 4 is 40.7 Å². The van der Waals surface area contributed by atoms with Crippen LogP contribution in [0.25, 0.3) is 5.76 Å². The SMILES string of the molecule is COC(=O)c1ccc(N2C(=O)C(=O)/C(=C(/O)c3cc(C)cc(Cl)c3OC)C2c2ccccc2)cc1. The molecule has 1 saturated heterocycles. The number of ketones is 1. The highest BCUT2D eigenvalue weighted by Gasteiger charge is 2.47. The number of carbonyl (C=O) groups is 3. The molecule has 1 aliphatic heterocycles. The van der Waals surface area contributed by atoms with Crippen molar-refractivity contribution in [2.75, 3.05) is 19.1 Å². The molecule has 1 amide bonds. The van der Waals surface area contributed by atoms with Crippen molar-refractivity contribution in [3.05, 3.63) is 99.6 Å². The van der Waals surface area contributed by atoms with Crippen LogP contribution in [0.1, 0.15) is 33.1 Å². The lowest BCUT2D eigenvalue weighted by Crippen LogP contribution is -2.29. The second-order valence-electron chi connectivity index (χ2n) is 7.95. The number of methoxy groups -OCH3 is 2. The monoisotopic (exact) mass is 491 g/mol. The van der Waals surface area contributed by atoms with E-state index >= 15 is 0 Å². The predicted octanol–water partition coefficient (Wildman–Crippen LogP) is 5.07. The van der Waals surface area contributed by atoms with E-state index in [1.54, 1.807) is 55.5 Å². The van der Waals surface area contributed by atoms with Gasteiger partial charge < -0.3 is 14.6 Å². The van der Waals surface area contributed by atoms with Gasteiger partial charge in [0.05, 0.1) is 42.0 Å². The molecule has 4 rings (SSSR count). The maximum absolute atomic E-state index is 13.3. The van der Waals surface area contributed by atoms with Crippen molar-refractivity contribution in [1.82, 2.24) is 0 Å². The van der Waals surface area contributed by atoms with E-state index in [0.29, 0.717) is 16.8 Å². The molecule has 0 saturated carbocycles. The molecule has 0 aromatic heterocycles. The van der Waals surface area contributed by atoms with Gasteiger partial charge in [0.1, 0.15) is 11.5 Å². The highest BCUT2D eigenvalue weighted by Crippen LogP contribution is 2.44. The molecule has 0 aliphatic carbocycles. The lowest BCUT2D eigenvalue weighted by Gasteiger charge is -2.25. The van der Waals surface area contributed by atoms with E-state index in [9.17, 15) is 19.5 Å². The number of ether oxygens (including phenoxy) is 2. The topological polar surface area (TPSA) is 93.1 Å². The first-order valence-electron chi connectivity index (χ1n) is 10.7. The van der Waals surface area contributed by atoms with E-state index in [0.717, 1.165) is 5.56 Å². The molecular formula is C27H22ClNO6. The number of aliphatic hydroxyl groups excluding tert-OH is 1. The molecule has 3 aromatic carbocycles. The van der Waals surface area contributed by atoms with Crippen LogP contribution in [0, 0.1) is 6.92 Å². The fourth-order valence-electron chi connectivity index (χ4n) is 4.18. The van der Waals surface area contributed by atoms with Crippen LogP contribution >= 0.6 is 11.6 Å². The zero-order chi connectivity index (χ0) is 25.3. The number of amides is 1. The van der Waals surface area contributed by atoms with Crippen molar-refractivity contribution in [2.24, 2.45) is 0 Å². The summed E-state index contributed by atoms with van der Waals surface area (Å²) >= 11 is 6.32. The van der Waals surface area contributed by atoms with E-state index in [-0.39, 0.29) is 21.9 Å². The lowest BCUT2D eigenvalue weighted by molar-refractivity contribution is -0.132. The fourth-order valence-corrected chi connectivity index (χ4v) is 4.53. The van der Waals surface area contributed by atoms with E-state index in [2.05, 4.69) is 0 Å². The molecule has 8 heteroatoms. The van der Waals surface area contributed by atoms with Crippen molar-refractivity contribution in [3.63, 3.8) is 0 Å². The normalized spacial score (nSPS) is 16.9. The standard InChI is InChI=1S/C27H22ClNO6/c1-15-13-19(25(34-2)20(28)14-15)23(30)21-22(16-7-5-4-6-8-16)29(26(32)24(21)31)18-11-9-17(10-12-18)27(33)35-3/h4-14,22,30H,1-3H3/b23-21+. The summed E-state index contributed by atoms with van der Waals surface area (Å²) in [6, 6.07) is 17.4. The number of hydrogen-bond acceptors (Lipinski definition) is 6. The summed E-state index contributed by atoms with van der Waals surface area (Å²) in [4.78, 5) is 39.7. The summed E-state index contributed by atoms with van der Waals surface area (Å²) in [5.74, 6) is -2.40. The van der Waals surface area contributed by atoms with Gasteiger partial charge in [-0.3, -0.25) is 14.5 Å². The number of rotatable bonds is 5. The average Bonchev–Trinajstić information content (AvgIpc) is 3.13. The van der Waals surface area contributed by atoms with Crippen LogP contribution in [0.2, 0.25) is 5.02 Å². The third kappa shape index (κ3) is 4.26. The Morgan fingerprint density at radius 2 is 1.66 bits per heavy atom. The molecule has 35 heavy (non-hydrogen) atoms. The fraction of sp³-hybridized carbons (Fsp3) is 0.148. The van der Waals surface area contributed by atoms with Crippen molar-refractivity contribution in [3.8, 4) is 5.75 Å². The molecule has 1 unspecified atom stereocenters. The molecule has 1 N–H and O–H groups in total. The Kier molecular flexibility index (Phi) is 6.62. The van der Waals surface area contributed by atoms with Gasteiger partial charge in [-0.05, 0) is 54.4 Å².